The molecule has 1 saturated heterocycles. The summed E-state index contributed by atoms with van der Waals surface area (Å²) in [6.45, 7) is 0. The largest absolute Gasteiger partial charge is 0.340 e. The predicted octanol–water partition coefficient (Wildman–Crippen LogP) is 5.47. The first-order chi connectivity index (χ1) is 11.3. The maximum absolute atomic E-state index is 12.2. The molecule has 0 aromatic heterocycles. The standard InChI is InChI=1S/C20H17NOS/c22-20-21-18(13-19(23-20)15-8-2-1-3-9-15)17-12-6-10-14-7-4-5-11-16(14)17/h1-12,18-19H,13H2,(H,21,22)/t18-,19+/m0/s1. The van der Waals surface area contributed by atoms with Crippen LogP contribution in [0, 0.1) is 0 Å². The third kappa shape index (κ3) is 2.84. The molecule has 0 unspecified atom stereocenters. The average Bonchev–Trinajstić information content (AvgIpc) is 2.61. The summed E-state index contributed by atoms with van der Waals surface area (Å²) in [6.07, 6.45) is 0.911. The van der Waals surface area contributed by atoms with E-state index in [2.05, 4.69) is 53.8 Å². The monoisotopic (exact) mass is 319 g/mol. The van der Waals surface area contributed by atoms with Crippen LogP contribution in [-0.2, 0) is 0 Å². The van der Waals surface area contributed by atoms with Crippen molar-refractivity contribution in [2.45, 2.75) is 17.7 Å². The Morgan fingerprint density at radius 1 is 0.870 bits per heavy atom. The van der Waals surface area contributed by atoms with Gasteiger partial charge in [0.1, 0.15) is 0 Å². The fourth-order valence-corrected chi connectivity index (χ4v) is 4.31. The maximum atomic E-state index is 12.2. The van der Waals surface area contributed by atoms with Gasteiger partial charge in [-0.2, -0.15) is 0 Å². The molecule has 1 amide bonds. The number of rotatable bonds is 2. The van der Waals surface area contributed by atoms with Gasteiger partial charge in [0.05, 0.1) is 6.04 Å². The molecule has 1 heterocycles. The van der Waals surface area contributed by atoms with Crippen LogP contribution in [0.5, 0.6) is 0 Å². The van der Waals surface area contributed by atoms with Gasteiger partial charge in [-0.1, -0.05) is 84.6 Å². The highest BCUT2D eigenvalue weighted by Gasteiger charge is 2.30. The van der Waals surface area contributed by atoms with Crippen molar-refractivity contribution in [3.05, 3.63) is 83.9 Å². The summed E-state index contributed by atoms with van der Waals surface area (Å²) in [5, 5.41) is 5.85. The van der Waals surface area contributed by atoms with E-state index in [9.17, 15) is 4.79 Å². The molecule has 23 heavy (non-hydrogen) atoms. The highest BCUT2D eigenvalue weighted by molar-refractivity contribution is 8.13. The molecule has 2 atom stereocenters. The van der Waals surface area contributed by atoms with Gasteiger partial charge in [-0.3, -0.25) is 4.79 Å². The highest BCUT2D eigenvalue weighted by atomic mass is 32.2. The van der Waals surface area contributed by atoms with Crippen LogP contribution in [0.1, 0.15) is 28.8 Å². The molecule has 0 bridgehead atoms. The quantitative estimate of drug-likeness (QED) is 0.678. The smallest absolute Gasteiger partial charge is 0.280 e. The van der Waals surface area contributed by atoms with Gasteiger partial charge in [0.25, 0.3) is 5.24 Å². The van der Waals surface area contributed by atoms with E-state index in [0.29, 0.717) is 0 Å². The number of hydrogen-bond acceptors (Lipinski definition) is 2. The zero-order valence-electron chi connectivity index (χ0n) is 12.6. The normalized spacial score (nSPS) is 21.1. The number of thioether (sulfide) groups is 1. The van der Waals surface area contributed by atoms with Crippen LogP contribution in [-0.4, -0.2) is 5.24 Å². The minimum absolute atomic E-state index is 0.0556. The molecule has 2 nitrogen and oxygen atoms in total. The van der Waals surface area contributed by atoms with Gasteiger partial charge in [-0.15, -0.1) is 0 Å². The molecule has 3 aromatic rings. The second-order valence-corrected chi connectivity index (χ2v) is 6.98. The second kappa shape index (κ2) is 6.09. The van der Waals surface area contributed by atoms with Crippen molar-refractivity contribution in [1.29, 1.82) is 0 Å². The summed E-state index contributed by atoms with van der Waals surface area (Å²) in [5.74, 6) is 0. The van der Waals surface area contributed by atoms with Crippen molar-refractivity contribution >= 4 is 27.8 Å². The van der Waals surface area contributed by atoms with E-state index < -0.39 is 0 Å². The van der Waals surface area contributed by atoms with Gasteiger partial charge in [0, 0.05) is 5.25 Å². The van der Waals surface area contributed by atoms with Crippen LogP contribution in [0.2, 0.25) is 0 Å². The van der Waals surface area contributed by atoms with Gasteiger partial charge >= 0.3 is 0 Å². The van der Waals surface area contributed by atoms with Crippen LogP contribution in [0.3, 0.4) is 0 Å². The Balaban J connectivity index is 1.72. The number of fused-ring (bicyclic) bond motifs is 1. The minimum Gasteiger partial charge on any atom is -0.340 e. The van der Waals surface area contributed by atoms with Crippen LogP contribution >= 0.6 is 11.8 Å². The summed E-state index contributed by atoms with van der Waals surface area (Å²) in [4.78, 5) is 12.2. The summed E-state index contributed by atoms with van der Waals surface area (Å²) in [6, 6.07) is 25.0. The van der Waals surface area contributed by atoms with Crippen LogP contribution < -0.4 is 5.32 Å². The van der Waals surface area contributed by atoms with Gasteiger partial charge in [0.2, 0.25) is 0 Å². The number of carbonyl (C=O) groups is 1. The first-order valence-corrected chi connectivity index (χ1v) is 8.69. The molecule has 1 aliphatic rings. The Kier molecular flexibility index (Phi) is 3.80. The Morgan fingerprint density at radius 2 is 1.61 bits per heavy atom. The predicted molar refractivity (Wildman–Crippen MR) is 96.6 cm³/mol. The topological polar surface area (TPSA) is 29.1 Å². The molecule has 1 aliphatic heterocycles. The lowest BCUT2D eigenvalue weighted by Crippen LogP contribution is -2.31. The lowest BCUT2D eigenvalue weighted by Gasteiger charge is -2.30. The van der Waals surface area contributed by atoms with Crippen LogP contribution in [0.15, 0.2) is 72.8 Å². The summed E-state index contributed by atoms with van der Waals surface area (Å²) < 4.78 is 0. The van der Waals surface area contributed by atoms with Crippen molar-refractivity contribution in [1.82, 2.24) is 5.32 Å². The number of benzene rings is 3. The Morgan fingerprint density at radius 3 is 2.48 bits per heavy atom. The van der Waals surface area contributed by atoms with Crippen molar-refractivity contribution in [3.63, 3.8) is 0 Å². The zero-order chi connectivity index (χ0) is 15.6. The van der Waals surface area contributed by atoms with Gasteiger partial charge in [-0.05, 0) is 28.3 Å². The van der Waals surface area contributed by atoms with Crippen molar-refractivity contribution < 1.29 is 4.79 Å². The molecule has 3 aromatic carbocycles. The zero-order valence-corrected chi connectivity index (χ0v) is 13.4. The summed E-state index contributed by atoms with van der Waals surface area (Å²) in [7, 11) is 0. The maximum Gasteiger partial charge on any atom is 0.280 e. The van der Waals surface area contributed by atoms with E-state index >= 15 is 0 Å². The third-order valence-electron chi connectivity index (χ3n) is 4.36. The van der Waals surface area contributed by atoms with E-state index in [-0.39, 0.29) is 16.5 Å². The average molecular weight is 319 g/mol. The van der Waals surface area contributed by atoms with E-state index in [1.54, 1.807) is 0 Å². The lowest BCUT2D eigenvalue weighted by atomic mass is 9.94. The Bertz CT molecular complexity index is 841. The fourth-order valence-electron chi connectivity index (χ4n) is 3.26. The summed E-state index contributed by atoms with van der Waals surface area (Å²) in [5.41, 5.74) is 2.43. The van der Waals surface area contributed by atoms with E-state index in [4.69, 9.17) is 0 Å². The van der Waals surface area contributed by atoms with Gasteiger partial charge in [-0.25, -0.2) is 0 Å². The molecule has 0 aliphatic carbocycles. The highest BCUT2D eigenvalue weighted by Crippen LogP contribution is 2.42. The molecule has 4 rings (SSSR count). The Labute approximate surface area is 139 Å². The van der Waals surface area contributed by atoms with Crippen LogP contribution in [0.4, 0.5) is 4.79 Å². The van der Waals surface area contributed by atoms with Gasteiger partial charge < -0.3 is 5.32 Å². The summed E-state index contributed by atoms with van der Waals surface area (Å²) >= 11 is 1.39. The molecule has 114 valence electrons. The SMILES string of the molecule is O=C1N[C@H](c2cccc3ccccc23)C[C@H](c2ccccc2)S1. The minimum atomic E-state index is 0.0556. The van der Waals surface area contributed by atoms with Crippen molar-refractivity contribution in [2.24, 2.45) is 0 Å². The Hall–Kier alpha value is -2.26. The molecule has 1 fully saturated rings. The van der Waals surface area contributed by atoms with Crippen molar-refractivity contribution in [2.75, 3.05) is 0 Å². The van der Waals surface area contributed by atoms with E-state index in [1.807, 2.05) is 24.3 Å². The molecule has 1 N–H and O–H groups in total. The molecule has 0 saturated carbocycles. The lowest BCUT2D eigenvalue weighted by molar-refractivity contribution is 0.255. The number of hydrogen-bond donors (Lipinski definition) is 1. The number of carbonyl (C=O) groups excluding carboxylic acids is 1. The molecule has 3 heteroatoms. The molecule has 0 spiro atoms. The first kappa shape index (κ1) is 14.3. The van der Waals surface area contributed by atoms with E-state index in [1.165, 1.54) is 33.7 Å². The molecule has 0 radical (unpaired) electrons. The molecular weight excluding hydrogens is 302 g/mol. The number of amides is 1. The first-order valence-electron chi connectivity index (χ1n) is 7.81. The molecular formula is C20H17NOS. The van der Waals surface area contributed by atoms with E-state index in [0.717, 1.165) is 6.42 Å². The second-order valence-electron chi connectivity index (χ2n) is 5.81. The third-order valence-corrected chi connectivity index (χ3v) is 5.44. The van der Waals surface area contributed by atoms with Crippen molar-refractivity contribution in [3.8, 4) is 0 Å². The van der Waals surface area contributed by atoms with Gasteiger partial charge in [0.15, 0.2) is 0 Å². The number of nitrogens with one attached hydrogen (secondary N) is 1. The fraction of sp³-hybridized carbons (Fsp3) is 0.150. The van der Waals surface area contributed by atoms with Crippen LogP contribution in [0.25, 0.3) is 10.8 Å².